The molecule has 1 aromatic rings. The number of rotatable bonds is 4. The van der Waals surface area contributed by atoms with Crippen LogP contribution in [0.1, 0.15) is 18.1 Å². The quantitative estimate of drug-likeness (QED) is 0.839. The maximum Gasteiger partial charge on any atom is 0.320 e. The summed E-state index contributed by atoms with van der Waals surface area (Å²) in [5.41, 5.74) is 1.26. The van der Waals surface area contributed by atoms with Crippen molar-refractivity contribution in [3.05, 3.63) is 34.3 Å². The molecule has 16 heavy (non-hydrogen) atoms. The van der Waals surface area contributed by atoms with Crippen LogP contribution in [-0.2, 0) is 11.3 Å². The maximum absolute atomic E-state index is 10.6. The van der Waals surface area contributed by atoms with Crippen molar-refractivity contribution >= 4 is 17.6 Å². The highest BCUT2D eigenvalue weighted by Gasteiger charge is 2.10. The van der Waals surface area contributed by atoms with Gasteiger partial charge in [0.25, 0.3) is 0 Å². The standard InChI is InChI=1S/C11H11ClN2O2/c1-7(11(15)16)14-6-9-3-2-8(5-13)4-10(9)12/h2-4,7,14H,6H2,1H3,(H,15,16)/t7-/m0/s1. The van der Waals surface area contributed by atoms with Gasteiger partial charge in [-0.1, -0.05) is 17.7 Å². The average molecular weight is 239 g/mol. The minimum absolute atomic E-state index is 0.359. The molecule has 0 saturated carbocycles. The van der Waals surface area contributed by atoms with E-state index >= 15 is 0 Å². The Hall–Kier alpha value is -1.57. The van der Waals surface area contributed by atoms with Gasteiger partial charge in [-0.3, -0.25) is 4.79 Å². The van der Waals surface area contributed by atoms with Gasteiger partial charge in [-0.25, -0.2) is 0 Å². The van der Waals surface area contributed by atoms with Crippen LogP contribution in [0.5, 0.6) is 0 Å². The van der Waals surface area contributed by atoms with Gasteiger partial charge in [-0.15, -0.1) is 0 Å². The normalized spacial score (nSPS) is 11.8. The lowest BCUT2D eigenvalue weighted by atomic mass is 10.1. The van der Waals surface area contributed by atoms with Gasteiger partial charge in [-0.2, -0.15) is 5.26 Å². The SMILES string of the molecule is C[C@H](NCc1ccc(C#N)cc1Cl)C(=O)O. The average Bonchev–Trinajstić information content (AvgIpc) is 2.26. The highest BCUT2D eigenvalue weighted by atomic mass is 35.5. The van der Waals surface area contributed by atoms with Crippen molar-refractivity contribution in [2.45, 2.75) is 19.5 Å². The van der Waals surface area contributed by atoms with E-state index in [0.717, 1.165) is 5.56 Å². The van der Waals surface area contributed by atoms with E-state index in [2.05, 4.69) is 5.32 Å². The van der Waals surface area contributed by atoms with Crippen LogP contribution in [0.3, 0.4) is 0 Å². The molecule has 1 aromatic carbocycles. The van der Waals surface area contributed by atoms with E-state index in [9.17, 15) is 4.79 Å². The number of nitrogens with zero attached hydrogens (tertiary/aromatic N) is 1. The van der Waals surface area contributed by atoms with Gasteiger partial charge in [0.05, 0.1) is 11.6 Å². The zero-order valence-corrected chi connectivity index (χ0v) is 9.45. The number of carboxylic acids is 1. The molecule has 0 aromatic heterocycles. The highest BCUT2D eigenvalue weighted by Crippen LogP contribution is 2.17. The number of nitriles is 1. The number of nitrogens with one attached hydrogen (secondary N) is 1. The van der Waals surface area contributed by atoms with Crippen LogP contribution in [0, 0.1) is 11.3 Å². The Kier molecular flexibility index (Phi) is 4.29. The van der Waals surface area contributed by atoms with Crippen molar-refractivity contribution in [2.75, 3.05) is 0 Å². The molecule has 0 aliphatic carbocycles. The largest absolute Gasteiger partial charge is 0.480 e. The Bertz CT molecular complexity index is 440. The summed E-state index contributed by atoms with van der Waals surface area (Å²) in [6, 6.07) is 6.26. The van der Waals surface area contributed by atoms with Crippen molar-refractivity contribution in [2.24, 2.45) is 0 Å². The summed E-state index contributed by atoms with van der Waals surface area (Å²) in [5, 5.41) is 20.6. The smallest absolute Gasteiger partial charge is 0.320 e. The Balaban J connectivity index is 2.69. The summed E-state index contributed by atoms with van der Waals surface area (Å²) < 4.78 is 0. The predicted molar refractivity (Wildman–Crippen MR) is 60.1 cm³/mol. The summed E-state index contributed by atoms with van der Waals surface area (Å²) in [6.07, 6.45) is 0. The Morgan fingerprint density at radius 1 is 1.69 bits per heavy atom. The number of hydrogen-bond acceptors (Lipinski definition) is 3. The monoisotopic (exact) mass is 238 g/mol. The molecule has 84 valence electrons. The van der Waals surface area contributed by atoms with Gasteiger partial charge >= 0.3 is 5.97 Å². The van der Waals surface area contributed by atoms with E-state index in [1.807, 2.05) is 6.07 Å². The summed E-state index contributed by atoms with van der Waals surface area (Å²) in [5.74, 6) is -0.912. The molecule has 2 N–H and O–H groups in total. The molecule has 0 bridgehead atoms. The molecule has 0 aliphatic rings. The third-order valence-electron chi connectivity index (χ3n) is 2.15. The van der Waals surface area contributed by atoms with Crippen LogP contribution in [0.25, 0.3) is 0 Å². The summed E-state index contributed by atoms with van der Waals surface area (Å²) in [6.45, 7) is 1.91. The number of aliphatic carboxylic acids is 1. The van der Waals surface area contributed by atoms with Crippen LogP contribution < -0.4 is 5.32 Å². The molecule has 0 aliphatic heterocycles. The number of hydrogen-bond donors (Lipinski definition) is 2. The third kappa shape index (κ3) is 3.23. The highest BCUT2D eigenvalue weighted by molar-refractivity contribution is 6.31. The second kappa shape index (κ2) is 5.50. The molecule has 0 fully saturated rings. The van der Waals surface area contributed by atoms with Crippen LogP contribution in [0.4, 0.5) is 0 Å². The number of halogens is 1. The number of carbonyl (C=O) groups is 1. The Labute approximate surface area is 98.5 Å². The van der Waals surface area contributed by atoms with E-state index in [1.165, 1.54) is 0 Å². The van der Waals surface area contributed by atoms with Crippen molar-refractivity contribution < 1.29 is 9.90 Å². The molecule has 0 heterocycles. The lowest BCUT2D eigenvalue weighted by Gasteiger charge is -2.10. The minimum Gasteiger partial charge on any atom is -0.480 e. The topological polar surface area (TPSA) is 73.1 Å². The van der Waals surface area contributed by atoms with Gasteiger partial charge in [0, 0.05) is 11.6 Å². The fourth-order valence-electron chi connectivity index (χ4n) is 1.11. The molecule has 5 heteroatoms. The number of benzene rings is 1. The van der Waals surface area contributed by atoms with Gasteiger partial charge in [-0.05, 0) is 24.6 Å². The minimum atomic E-state index is -0.912. The third-order valence-corrected chi connectivity index (χ3v) is 2.50. The summed E-state index contributed by atoms with van der Waals surface area (Å²) >= 11 is 5.93. The summed E-state index contributed by atoms with van der Waals surface area (Å²) in [7, 11) is 0. The van der Waals surface area contributed by atoms with E-state index in [-0.39, 0.29) is 0 Å². The Morgan fingerprint density at radius 2 is 2.38 bits per heavy atom. The molecule has 1 rings (SSSR count). The second-order valence-electron chi connectivity index (χ2n) is 3.36. The van der Waals surface area contributed by atoms with Crippen molar-refractivity contribution in [3.63, 3.8) is 0 Å². The lowest BCUT2D eigenvalue weighted by Crippen LogP contribution is -2.33. The molecule has 0 radical (unpaired) electrons. The first kappa shape index (κ1) is 12.5. The summed E-state index contributed by atoms with van der Waals surface area (Å²) in [4.78, 5) is 10.6. The first-order chi connectivity index (χ1) is 7.54. The van der Waals surface area contributed by atoms with E-state index in [1.54, 1.807) is 25.1 Å². The van der Waals surface area contributed by atoms with Crippen molar-refractivity contribution in [1.29, 1.82) is 5.26 Å². The van der Waals surface area contributed by atoms with Crippen molar-refractivity contribution in [1.82, 2.24) is 5.32 Å². The zero-order chi connectivity index (χ0) is 12.1. The van der Waals surface area contributed by atoms with Crippen LogP contribution in [-0.4, -0.2) is 17.1 Å². The molecular weight excluding hydrogens is 228 g/mol. The van der Waals surface area contributed by atoms with Crippen molar-refractivity contribution in [3.8, 4) is 6.07 Å². The molecule has 4 nitrogen and oxygen atoms in total. The van der Waals surface area contributed by atoms with Crippen LogP contribution >= 0.6 is 11.6 Å². The Morgan fingerprint density at radius 3 is 2.88 bits per heavy atom. The van der Waals surface area contributed by atoms with E-state index in [0.29, 0.717) is 17.1 Å². The molecule has 0 spiro atoms. The fourth-order valence-corrected chi connectivity index (χ4v) is 1.36. The van der Waals surface area contributed by atoms with Gasteiger partial charge in [0.15, 0.2) is 0 Å². The first-order valence-electron chi connectivity index (χ1n) is 4.69. The van der Waals surface area contributed by atoms with Crippen LogP contribution in [0.15, 0.2) is 18.2 Å². The van der Waals surface area contributed by atoms with E-state index in [4.69, 9.17) is 22.0 Å². The molecule has 0 saturated heterocycles. The van der Waals surface area contributed by atoms with Gasteiger partial charge in [0.1, 0.15) is 6.04 Å². The van der Waals surface area contributed by atoms with Crippen LogP contribution in [0.2, 0.25) is 5.02 Å². The first-order valence-corrected chi connectivity index (χ1v) is 5.07. The molecule has 0 unspecified atom stereocenters. The fraction of sp³-hybridized carbons (Fsp3) is 0.273. The lowest BCUT2D eigenvalue weighted by molar-refractivity contribution is -0.139. The van der Waals surface area contributed by atoms with E-state index < -0.39 is 12.0 Å². The predicted octanol–water partition coefficient (Wildman–Crippen LogP) is 1.77. The van der Waals surface area contributed by atoms with Gasteiger partial charge in [0.2, 0.25) is 0 Å². The number of carboxylic acid groups (broad SMARTS) is 1. The maximum atomic E-state index is 10.6. The second-order valence-corrected chi connectivity index (χ2v) is 3.77. The van der Waals surface area contributed by atoms with Gasteiger partial charge < -0.3 is 10.4 Å². The molecule has 0 amide bonds. The molecule has 1 atom stereocenters. The zero-order valence-electron chi connectivity index (χ0n) is 8.70. The molecular formula is C11H11ClN2O2.